The summed E-state index contributed by atoms with van der Waals surface area (Å²) in [5.41, 5.74) is 2.10. The van der Waals surface area contributed by atoms with Gasteiger partial charge in [-0.15, -0.1) is 24.8 Å². The van der Waals surface area contributed by atoms with Gasteiger partial charge in [0.2, 0.25) is 0 Å². The van der Waals surface area contributed by atoms with Gasteiger partial charge >= 0.3 is 6.18 Å². The van der Waals surface area contributed by atoms with Crippen LogP contribution in [0.4, 0.5) is 13.2 Å². The quantitative estimate of drug-likeness (QED) is 0.845. The molecular formula is C15H23Cl2F3N2O. The second-order valence-corrected chi connectivity index (χ2v) is 5.61. The van der Waals surface area contributed by atoms with E-state index in [1.54, 1.807) is 13.8 Å². The van der Waals surface area contributed by atoms with Crippen LogP contribution in [0.5, 0.6) is 5.75 Å². The SMILES string of the molecule is Cc1cc(O)cc(C)c1[C@H](CC(F)(F)F)N1CCNCC1.Cl.Cl. The second-order valence-electron chi connectivity index (χ2n) is 5.61. The summed E-state index contributed by atoms with van der Waals surface area (Å²) in [4.78, 5) is 1.89. The first-order valence-electron chi connectivity index (χ1n) is 7.09. The molecule has 0 aliphatic carbocycles. The number of nitrogens with zero attached hydrogens (tertiary/aromatic N) is 1. The molecule has 1 heterocycles. The highest BCUT2D eigenvalue weighted by Gasteiger charge is 2.37. The first-order chi connectivity index (χ1) is 9.78. The van der Waals surface area contributed by atoms with Gasteiger partial charge in [0, 0.05) is 32.2 Å². The normalized spacial score (nSPS) is 17.1. The van der Waals surface area contributed by atoms with Gasteiger partial charge in [-0.1, -0.05) is 0 Å². The summed E-state index contributed by atoms with van der Waals surface area (Å²) in [6, 6.07) is 2.38. The standard InChI is InChI=1S/C15H21F3N2O.2ClH/c1-10-7-12(21)8-11(2)14(10)13(9-15(16,17)18)20-5-3-19-4-6-20;;/h7-8,13,19,21H,3-6,9H2,1-2H3;2*1H/t13-;;/m0../s1. The van der Waals surface area contributed by atoms with E-state index in [2.05, 4.69) is 5.32 Å². The molecule has 0 radical (unpaired) electrons. The van der Waals surface area contributed by atoms with Crippen molar-refractivity contribution in [1.29, 1.82) is 0 Å². The van der Waals surface area contributed by atoms with Crippen LogP contribution in [0.25, 0.3) is 0 Å². The lowest BCUT2D eigenvalue weighted by molar-refractivity contribution is -0.148. The molecule has 1 aliphatic rings. The minimum Gasteiger partial charge on any atom is -0.508 e. The predicted octanol–water partition coefficient (Wildman–Crippen LogP) is 3.75. The molecule has 1 aliphatic heterocycles. The molecule has 0 bridgehead atoms. The number of alkyl halides is 3. The van der Waals surface area contributed by atoms with Gasteiger partial charge in [0.25, 0.3) is 0 Å². The maximum absolute atomic E-state index is 13.0. The zero-order valence-corrected chi connectivity index (χ0v) is 14.7. The van der Waals surface area contributed by atoms with Crippen molar-refractivity contribution in [2.45, 2.75) is 32.5 Å². The molecule has 8 heteroatoms. The summed E-state index contributed by atoms with van der Waals surface area (Å²) >= 11 is 0. The Labute approximate surface area is 147 Å². The lowest BCUT2D eigenvalue weighted by atomic mass is 9.92. The van der Waals surface area contributed by atoms with Crippen molar-refractivity contribution >= 4 is 24.8 Å². The maximum atomic E-state index is 13.0. The zero-order chi connectivity index (χ0) is 15.6. The van der Waals surface area contributed by atoms with Crippen LogP contribution in [-0.2, 0) is 0 Å². The molecule has 134 valence electrons. The third kappa shape index (κ3) is 6.03. The van der Waals surface area contributed by atoms with Crippen molar-refractivity contribution in [1.82, 2.24) is 10.2 Å². The highest BCUT2D eigenvalue weighted by molar-refractivity contribution is 5.85. The fourth-order valence-corrected chi connectivity index (χ4v) is 3.10. The lowest BCUT2D eigenvalue weighted by Crippen LogP contribution is -2.46. The summed E-state index contributed by atoms with van der Waals surface area (Å²) in [6.07, 6.45) is -5.08. The Balaban J connectivity index is 0.00000242. The summed E-state index contributed by atoms with van der Waals surface area (Å²) in [6.45, 7) is 6.11. The van der Waals surface area contributed by atoms with E-state index in [4.69, 9.17) is 0 Å². The average Bonchev–Trinajstić information content (AvgIpc) is 2.36. The van der Waals surface area contributed by atoms with Crippen LogP contribution >= 0.6 is 24.8 Å². The van der Waals surface area contributed by atoms with Gasteiger partial charge in [0.15, 0.2) is 0 Å². The number of nitrogens with one attached hydrogen (secondary N) is 1. The molecule has 0 spiro atoms. The van der Waals surface area contributed by atoms with E-state index in [0.29, 0.717) is 42.9 Å². The summed E-state index contributed by atoms with van der Waals surface area (Å²) in [7, 11) is 0. The van der Waals surface area contributed by atoms with Gasteiger partial charge in [-0.2, -0.15) is 13.2 Å². The molecule has 0 aromatic heterocycles. The van der Waals surface area contributed by atoms with Crippen LogP contribution < -0.4 is 5.32 Å². The molecule has 0 saturated carbocycles. The van der Waals surface area contributed by atoms with E-state index in [1.807, 2.05) is 4.90 Å². The van der Waals surface area contributed by atoms with E-state index in [1.165, 1.54) is 12.1 Å². The minimum absolute atomic E-state index is 0. The van der Waals surface area contributed by atoms with E-state index in [-0.39, 0.29) is 30.6 Å². The Bertz CT molecular complexity index is 483. The molecule has 0 amide bonds. The van der Waals surface area contributed by atoms with Crippen molar-refractivity contribution in [3.05, 3.63) is 28.8 Å². The van der Waals surface area contributed by atoms with E-state index in [9.17, 15) is 18.3 Å². The Morgan fingerprint density at radius 2 is 1.61 bits per heavy atom. The van der Waals surface area contributed by atoms with Gasteiger partial charge in [0.05, 0.1) is 6.42 Å². The van der Waals surface area contributed by atoms with Crippen molar-refractivity contribution in [3.63, 3.8) is 0 Å². The van der Waals surface area contributed by atoms with Crippen molar-refractivity contribution in [3.8, 4) is 5.75 Å². The zero-order valence-electron chi connectivity index (χ0n) is 13.1. The Kier molecular flexibility index (Phi) is 8.70. The van der Waals surface area contributed by atoms with Gasteiger partial charge in [-0.05, 0) is 42.7 Å². The predicted molar refractivity (Wildman–Crippen MR) is 89.9 cm³/mol. The summed E-state index contributed by atoms with van der Waals surface area (Å²) in [5.74, 6) is 0.0971. The molecule has 1 saturated heterocycles. The third-order valence-electron chi connectivity index (χ3n) is 3.93. The molecule has 1 fully saturated rings. The van der Waals surface area contributed by atoms with Gasteiger partial charge in [0.1, 0.15) is 5.75 Å². The topological polar surface area (TPSA) is 35.5 Å². The van der Waals surface area contributed by atoms with Gasteiger partial charge < -0.3 is 10.4 Å². The van der Waals surface area contributed by atoms with Gasteiger partial charge in [-0.25, -0.2) is 0 Å². The van der Waals surface area contributed by atoms with Crippen molar-refractivity contribution in [2.24, 2.45) is 0 Å². The highest BCUT2D eigenvalue weighted by Crippen LogP contribution is 2.38. The van der Waals surface area contributed by atoms with E-state index in [0.717, 1.165) is 0 Å². The first-order valence-corrected chi connectivity index (χ1v) is 7.09. The van der Waals surface area contributed by atoms with Crippen LogP contribution in [0.1, 0.15) is 29.2 Å². The number of halogens is 5. The lowest BCUT2D eigenvalue weighted by Gasteiger charge is -2.37. The molecule has 2 rings (SSSR count). The molecule has 1 aromatic carbocycles. The Hall–Kier alpha value is -0.690. The fourth-order valence-electron chi connectivity index (χ4n) is 3.10. The number of rotatable bonds is 3. The van der Waals surface area contributed by atoms with Crippen LogP contribution in [0.2, 0.25) is 0 Å². The number of benzene rings is 1. The highest BCUT2D eigenvalue weighted by atomic mass is 35.5. The fraction of sp³-hybridized carbons (Fsp3) is 0.600. The molecular weight excluding hydrogens is 352 g/mol. The Morgan fingerprint density at radius 1 is 1.13 bits per heavy atom. The molecule has 23 heavy (non-hydrogen) atoms. The van der Waals surface area contributed by atoms with Crippen LogP contribution in [-0.4, -0.2) is 42.4 Å². The minimum atomic E-state index is -4.22. The molecule has 3 nitrogen and oxygen atoms in total. The molecule has 2 N–H and O–H groups in total. The number of aryl methyl sites for hydroxylation is 2. The van der Waals surface area contributed by atoms with E-state index < -0.39 is 18.6 Å². The number of hydrogen-bond acceptors (Lipinski definition) is 3. The van der Waals surface area contributed by atoms with Gasteiger partial charge in [-0.3, -0.25) is 4.90 Å². The first kappa shape index (κ1) is 22.3. The maximum Gasteiger partial charge on any atom is 0.390 e. The molecule has 0 unspecified atom stereocenters. The average molecular weight is 375 g/mol. The van der Waals surface area contributed by atoms with Crippen LogP contribution in [0.15, 0.2) is 12.1 Å². The number of hydrogen-bond donors (Lipinski definition) is 2. The van der Waals surface area contributed by atoms with Crippen LogP contribution in [0, 0.1) is 13.8 Å². The molecule has 1 aromatic rings. The number of aromatic hydroxyl groups is 1. The number of phenolic OH excluding ortho intramolecular Hbond substituents is 1. The van der Waals surface area contributed by atoms with E-state index >= 15 is 0 Å². The second kappa shape index (κ2) is 8.97. The third-order valence-corrected chi connectivity index (χ3v) is 3.93. The van der Waals surface area contributed by atoms with Crippen LogP contribution in [0.3, 0.4) is 0 Å². The number of piperazine rings is 1. The Morgan fingerprint density at radius 3 is 2.04 bits per heavy atom. The van der Waals surface area contributed by atoms with Crippen molar-refractivity contribution in [2.75, 3.05) is 26.2 Å². The largest absolute Gasteiger partial charge is 0.508 e. The summed E-state index contributed by atoms with van der Waals surface area (Å²) < 4.78 is 39.0. The smallest absolute Gasteiger partial charge is 0.390 e. The molecule has 1 atom stereocenters. The summed E-state index contributed by atoms with van der Waals surface area (Å²) in [5, 5.41) is 12.8. The monoisotopic (exact) mass is 374 g/mol. The van der Waals surface area contributed by atoms with Crippen molar-refractivity contribution < 1.29 is 18.3 Å². The number of phenols is 1.